The first-order valence-corrected chi connectivity index (χ1v) is 32.5. The fourth-order valence-electron chi connectivity index (χ4n) is 8.46. The number of quaternary nitrogens is 1. The van der Waals surface area contributed by atoms with Crippen molar-refractivity contribution in [2.24, 2.45) is 0 Å². The summed E-state index contributed by atoms with van der Waals surface area (Å²) >= 11 is 0. The Labute approximate surface area is 468 Å². The number of carbonyl (C=O) groups is 2. The SMILES string of the molecule is CC/C=C/C/C=C/C/C=C/C/C=C/CCCCCC(=O)NC(COP(=O)([O-])OCC[N+](C)(C)C)C(/C=C/CCCCCCCCCCCCC)OC(=O)CCCCCCCCCC/C=C\C/C=C\C/C=C\CCCCC. The van der Waals surface area contributed by atoms with E-state index in [0.717, 1.165) is 103 Å². The number of ether oxygens (including phenoxy) is 1. The van der Waals surface area contributed by atoms with Crippen LogP contribution in [0.1, 0.15) is 258 Å². The molecule has 9 nitrogen and oxygen atoms in total. The van der Waals surface area contributed by atoms with Gasteiger partial charge in [-0.1, -0.05) is 234 Å². The number of rotatable bonds is 55. The highest BCUT2D eigenvalue weighted by atomic mass is 31.2. The van der Waals surface area contributed by atoms with Gasteiger partial charge < -0.3 is 28.5 Å². The average Bonchev–Trinajstić information content (AvgIpc) is 3.38. The molecule has 0 aliphatic carbocycles. The number of esters is 1. The number of likely N-dealkylation sites (N-methyl/N-ethyl adjacent to an activating group) is 1. The van der Waals surface area contributed by atoms with E-state index in [0.29, 0.717) is 23.9 Å². The lowest BCUT2D eigenvalue weighted by atomic mass is 10.0. The van der Waals surface area contributed by atoms with Gasteiger partial charge in [-0.15, -0.1) is 0 Å². The summed E-state index contributed by atoms with van der Waals surface area (Å²) in [7, 11) is 1.15. The van der Waals surface area contributed by atoms with Crippen molar-refractivity contribution in [3.05, 3.63) is 97.2 Å². The van der Waals surface area contributed by atoms with E-state index in [2.05, 4.69) is 111 Å². The maximum atomic E-state index is 13.5. The zero-order valence-corrected chi connectivity index (χ0v) is 50.8. The van der Waals surface area contributed by atoms with Crippen LogP contribution in [0.15, 0.2) is 97.2 Å². The topological polar surface area (TPSA) is 114 Å². The van der Waals surface area contributed by atoms with Gasteiger partial charge in [0, 0.05) is 12.8 Å². The van der Waals surface area contributed by atoms with E-state index >= 15 is 0 Å². The number of phosphoric acid groups is 1. The Morgan fingerprint density at radius 1 is 0.474 bits per heavy atom. The van der Waals surface area contributed by atoms with Gasteiger partial charge in [-0.2, -0.15) is 0 Å². The lowest BCUT2D eigenvalue weighted by Crippen LogP contribution is -2.47. The van der Waals surface area contributed by atoms with Gasteiger partial charge in [-0.25, -0.2) is 0 Å². The van der Waals surface area contributed by atoms with Crippen LogP contribution in [0.25, 0.3) is 0 Å². The fourth-order valence-corrected chi connectivity index (χ4v) is 9.18. The normalized spacial score (nSPS) is 14.4. The van der Waals surface area contributed by atoms with Crippen LogP contribution in [0.4, 0.5) is 0 Å². The molecule has 0 aromatic carbocycles. The van der Waals surface area contributed by atoms with Gasteiger partial charge in [-0.3, -0.25) is 14.2 Å². The molecule has 0 aromatic heterocycles. The number of allylic oxidation sites excluding steroid dienone is 15. The summed E-state index contributed by atoms with van der Waals surface area (Å²) in [5.74, 6) is -0.588. The molecular formula is C66H117N2O7P. The Hall–Kier alpha value is -3.07. The number of unbranched alkanes of at least 4 members (excludes halogenated alkanes) is 25. The number of nitrogens with one attached hydrogen (secondary N) is 1. The molecule has 1 N–H and O–H groups in total. The molecule has 0 aliphatic rings. The Bertz CT molecular complexity index is 1620. The summed E-state index contributed by atoms with van der Waals surface area (Å²) in [6.45, 7) is 6.67. The fraction of sp³-hybridized carbons (Fsp3) is 0.727. The summed E-state index contributed by atoms with van der Waals surface area (Å²) in [4.78, 5) is 40.0. The van der Waals surface area contributed by atoms with E-state index in [1.807, 2.05) is 33.3 Å². The van der Waals surface area contributed by atoms with Gasteiger partial charge in [0.1, 0.15) is 19.3 Å². The van der Waals surface area contributed by atoms with Crippen LogP contribution in [0.5, 0.6) is 0 Å². The molecule has 0 aromatic rings. The first-order chi connectivity index (χ1) is 36.9. The Morgan fingerprint density at radius 3 is 1.30 bits per heavy atom. The number of carbonyl (C=O) groups excluding carboxylic acids is 2. The zero-order chi connectivity index (χ0) is 55.7. The highest BCUT2D eigenvalue weighted by Crippen LogP contribution is 2.38. The van der Waals surface area contributed by atoms with Gasteiger partial charge >= 0.3 is 5.97 Å². The average molecular weight is 1080 g/mol. The van der Waals surface area contributed by atoms with Crippen molar-refractivity contribution in [1.82, 2.24) is 5.32 Å². The van der Waals surface area contributed by atoms with E-state index in [1.165, 1.54) is 109 Å². The number of phosphoric ester groups is 1. The van der Waals surface area contributed by atoms with Crippen LogP contribution in [0, 0.1) is 0 Å². The van der Waals surface area contributed by atoms with Crippen molar-refractivity contribution >= 4 is 19.7 Å². The van der Waals surface area contributed by atoms with Crippen molar-refractivity contribution in [3.8, 4) is 0 Å². The largest absolute Gasteiger partial charge is 0.756 e. The predicted molar refractivity (Wildman–Crippen MR) is 325 cm³/mol. The molecule has 0 saturated carbocycles. The highest BCUT2D eigenvalue weighted by molar-refractivity contribution is 7.45. The molecule has 10 heteroatoms. The number of hydrogen-bond acceptors (Lipinski definition) is 7. The third-order valence-electron chi connectivity index (χ3n) is 13.2. The Morgan fingerprint density at radius 2 is 0.842 bits per heavy atom. The first-order valence-electron chi connectivity index (χ1n) is 31.0. The lowest BCUT2D eigenvalue weighted by Gasteiger charge is -2.30. The second kappa shape index (κ2) is 55.3. The molecule has 0 fully saturated rings. The molecule has 3 unspecified atom stereocenters. The lowest BCUT2D eigenvalue weighted by molar-refractivity contribution is -0.870. The van der Waals surface area contributed by atoms with Crippen molar-refractivity contribution < 1.29 is 37.3 Å². The minimum absolute atomic E-state index is 0.0344. The molecule has 0 bridgehead atoms. The summed E-state index contributed by atoms with van der Waals surface area (Å²) in [5.41, 5.74) is 0. The number of amides is 1. The first kappa shape index (κ1) is 72.9. The molecule has 1 amide bonds. The second-order valence-electron chi connectivity index (χ2n) is 21.8. The summed E-state index contributed by atoms with van der Waals surface area (Å²) in [5, 5.41) is 3.01. The summed E-state index contributed by atoms with van der Waals surface area (Å²) in [6, 6.07) is -0.914. The Balaban J connectivity index is 5.34. The van der Waals surface area contributed by atoms with E-state index in [-0.39, 0.29) is 31.3 Å². The van der Waals surface area contributed by atoms with E-state index in [9.17, 15) is 19.0 Å². The predicted octanol–water partition coefficient (Wildman–Crippen LogP) is 18.5. The molecule has 0 heterocycles. The summed E-state index contributed by atoms with van der Waals surface area (Å²) in [6.07, 6.45) is 73.7. The van der Waals surface area contributed by atoms with Gasteiger partial charge in [0.25, 0.3) is 7.82 Å². The third-order valence-corrected chi connectivity index (χ3v) is 14.2. The van der Waals surface area contributed by atoms with Crippen molar-refractivity contribution in [2.75, 3.05) is 40.9 Å². The Kier molecular flexibility index (Phi) is 53.0. The molecule has 0 spiro atoms. The minimum Gasteiger partial charge on any atom is -0.756 e. The molecule has 0 aliphatic heterocycles. The monoisotopic (exact) mass is 1080 g/mol. The van der Waals surface area contributed by atoms with Crippen LogP contribution in [-0.4, -0.2) is 69.4 Å². The molecule has 0 rings (SSSR count). The second-order valence-corrected chi connectivity index (χ2v) is 23.2. The van der Waals surface area contributed by atoms with Crippen molar-refractivity contribution in [1.29, 1.82) is 0 Å². The van der Waals surface area contributed by atoms with E-state index in [4.69, 9.17) is 13.8 Å². The van der Waals surface area contributed by atoms with Crippen LogP contribution >= 0.6 is 7.82 Å². The maximum absolute atomic E-state index is 13.5. The maximum Gasteiger partial charge on any atom is 0.306 e. The van der Waals surface area contributed by atoms with Crippen molar-refractivity contribution in [2.45, 2.75) is 270 Å². The third kappa shape index (κ3) is 55.7. The smallest absolute Gasteiger partial charge is 0.306 e. The number of hydrogen-bond donors (Lipinski definition) is 1. The van der Waals surface area contributed by atoms with Crippen LogP contribution < -0.4 is 10.2 Å². The van der Waals surface area contributed by atoms with Gasteiger partial charge in [0.05, 0.1) is 33.8 Å². The molecule has 0 radical (unpaired) electrons. The standard InChI is InChI=1S/C66H117N2O7P/c1-7-10-13-16-19-22-25-28-30-32-33-34-35-36-38-41-44-47-50-53-56-59-66(70)75-64(57-54-51-48-45-42-39-27-24-21-18-15-12-9-3)63(62-74-76(71,72)73-61-60-68(4,5)6)67-65(69)58-55-52-49-46-43-40-37-31-29-26-23-20-17-14-11-8-2/h11,14,19-20,22-23,28-31,33-34,40,43,54,57,63-64H,7-10,12-13,15-18,21,24-27,32,35-39,41-42,44-53,55-56,58-62H2,1-6H3,(H-,67,69,71,72)/b14-11+,22-19-,23-20+,30-28-,31-29+,34-33-,43-40+,57-54+. The quantitative estimate of drug-likeness (QED) is 0.0212. The number of nitrogens with zero attached hydrogens (tertiary/aromatic N) is 1. The van der Waals surface area contributed by atoms with Gasteiger partial charge in [-0.05, 0) is 109 Å². The molecule has 438 valence electrons. The highest BCUT2D eigenvalue weighted by Gasteiger charge is 2.27. The molecule has 0 saturated heterocycles. The minimum atomic E-state index is -4.71. The summed E-state index contributed by atoms with van der Waals surface area (Å²) < 4.78 is 30.3. The van der Waals surface area contributed by atoms with Gasteiger partial charge in [0.2, 0.25) is 5.91 Å². The van der Waals surface area contributed by atoms with Gasteiger partial charge in [0.15, 0.2) is 0 Å². The van der Waals surface area contributed by atoms with E-state index < -0.39 is 26.6 Å². The van der Waals surface area contributed by atoms with Crippen LogP contribution in [0.3, 0.4) is 0 Å². The molecule has 76 heavy (non-hydrogen) atoms. The molecular weight excluding hydrogens is 964 g/mol. The van der Waals surface area contributed by atoms with Crippen molar-refractivity contribution in [3.63, 3.8) is 0 Å². The molecule has 3 atom stereocenters. The van der Waals surface area contributed by atoms with Crippen LogP contribution in [0.2, 0.25) is 0 Å². The zero-order valence-electron chi connectivity index (χ0n) is 49.9. The van der Waals surface area contributed by atoms with E-state index in [1.54, 1.807) is 0 Å². The van der Waals surface area contributed by atoms with Crippen LogP contribution in [-0.2, 0) is 27.9 Å².